The summed E-state index contributed by atoms with van der Waals surface area (Å²) in [5.74, 6) is -0.608. The highest BCUT2D eigenvalue weighted by molar-refractivity contribution is 5.82. The zero-order valence-corrected chi connectivity index (χ0v) is 13.0. The van der Waals surface area contributed by atoms with Crippen molar-refractivity contribution in [3.05, 3.63) is 41.3 Å². The van der Waals surface area contributed by atoms with Crippen LogP contribution in [-0.2, 0) is 0 Å². The predicted octanol–water partition coefficient (Wildman–Crippen LogP) is 1.87. The van der Waals surface area contributed by atoms with Crippen LogP contribution in [0.2, 0.25) is 0 Å². The summed E-state index contributed by atoms with van der Waals surface area (Å²) in [5.41, 5.74) is 8.60. The van der Waals surface area contributed by atoms with Crippen LogP contribution in [0.1, 0.15) is 30.9 Å². The van der Waals surface area contributed by atoms with Gasteiger partial charge in [0, 0.05) is 23.5 Å². The Morgan fingerprint density at radius 2 is 1.91 bits per heavy atom. The van der Waals surface area contributed by atoms with Gasteiger partial charge in [0.25, 0.3) is 0 Å². The highest BCUT2D eigenvalue weighted by Gasteiger charge is 2.23. The molecule has 0 aliphatic heterocycles. The molecular weight excluding hydrogens is 303 g/mol. The van der Waals surface area contributed by atoms with Gasteiger partial charge in [-0.05, 0) is 41.7 Å². The highest BCUT2D eigenvalue weighted by atomic mass is 19.1. The molecule has 0 saturated heterocycles. The normalized spacial score (nSPS) is 11.8. The molecule has 23 heavy (non-hydrogen) atoms. The summed E-state index contributed by atoms with van der Waals surface area (Å²) in [6.07, 6.45) is -2.02. The van der Waals surface area contributed by atoms with Crippen LogP contribution in [-0.4, -0.2) is 26.5 Å². The van der Waals surface area contributed by atoms with E-state index in [-0.39, 0.29) is 11.8 Å². The third-order valence-electron chi connectivity index (χ3n) is 3.48. The van der Waals surface area contributed by atoms with Crippen molar-refractivity contribution in [2.75, 3.05) is 5.73 Å². The number of benzene rings is 1. The van der Waals surface area contributed by atoms with Gasteiger partial charge in [-0.3, -0.25) is 0 Å². The van der Waals surface area contributed by atoms with Crippen LogP contribution in [0.25, 0.3) is 11.1 Å². The van der Waals surface area contributed by atoms with E-state index in [4.69, 9.17) is 21.1 Å². The van der Waals surface area contributed by atoms with E-state index in [1.807, 2.05) is 13.8 Å². The first-order valence-electron chi connectivity index (χ1n) is 7.01. The number of hydrogen-bond donors (Lipinski definition) is 4. The van der Waals surface area contributed by atoms with Crippen LogP contribution in [0.3, 0.4) is 0 Å². The molecule has 2 rings (SSSR count). The fourth-order valence-corrected chi connectivity index (χ4v) is 2.40. The average molecular weight is 322 g/mol. The van der Waals surface area contributed by atoms with E-state index in [1.165, 1.54) is 18.3 Å². The summed E-state index contributed by atoms with van der Waals surface area (Å²) in [6, 6.07) is 4.33. The summed E-state index contributed by atoms with van der Waals surface area (Å²) in [4.78, 5) is 3.75. The number of halogens is 1. The maximum absolute atomic E-state index is 14.2. The zero-order valence-electron chi connectivity index (χ0n) is 13.0. The van der Waals surface area contributed by atoms with Crippen LogP contribution in [0.5, 0.6) is 5.88 Å². The molecule has 0 aliphatic rings. The molecule has 0 fully saturated rings. The number of pyridine rings is 1. The number of hydrogen-bond acceptors (Lipinski definition) is 6. The molecule has 1 aromatic heterocycles. The third kappa shape index (κ3) is 3.76. The third-order valence-corrected chi connectivity index (χ3v) is 3.48. The van der Waals surface area contributed by atoms with Gasteiger partial charge < -0.3 is 25.8 Å². The molecule has 7 heteroatoms. The highest BCUT2D eigenvalue weighted by Crippen LogP contribution is 2.37. The first-order valence-corrected chi connectivity index (χ1v) is 7.01. The molecule has 0 spiro atoms. The Balaban J connectivity index is 2.60. The topological polar surface area (TPSA) is 109 Å². The summed E-state index contributed by atoms with van der Waals surface area (Å²) >= 11 is 0. The lowest BCUT2D eigenvalue weighted by molar-refractivity contribution is -0.420. The lowest BCUT2D eigenvalue weighted by Gasteiger charge is -2.19. The molecule has 6 nitrogen and oxygen atoms in total. The maximum Gasteiger partial charge on any atom is 0.454 e. The standard InChI is InChI=1S/C16H19FN2O4/c1-8(2)11-7-12(17)9(3)14(15(11)18)10-4-5-19-13(6-10)23-16(20,21)22/h4-8,20-22H,18H2,1-3H3. The Morgan fingerprint density at radius 3 is 2.48 bits per heavy atom. The second-order valence-corrected chi connectivity index (χ2v) is 5.57. The van der Waals surface area contributed by atoms with Crippen LogP contribution >= 0.6 is 0 Å². The number of aliphatic hydroxyl groups is 3. The fourth-order valence-electron chi connectivity index (χ4n) is 2.40. The minimum Gasteiger partial charge on any atom is -0.399 e. The molecular formula is C16H19FN2O4. The van der Waals surface area contributed by atoms with E-state index in [1.54, 1.807) is 13.0 Å². The molecule has 0 unspecified atom stereocenters. The van der Waals surface area contributed by atoms with Crippen molar-refractivity contribution < 1.29 is 24.4 Å². The van der Waals surface area contributed by atoms with Crippen molar-refractivity contribution >= 4 is 5.69 Å². The molecule has 1 aromatic carbocycles. The second kappa shape index (κ2) is 6.11. The number of nitrogens with two attached hydrogens (primary N) is 1. The van der Waals surface area contributed by atoms with Gasteiger partial charge in [0.1, 0.15) is 5.82 Å². The lowest BCUT2D eigenvalue weighted by atomic mass is 9.91. The number of aromatic nitrogens is 1. The average Bonchev–Trinajstić information content (AvgIpc) is 2.41. The first-order chi connectivity index (χ1) is 10.6. The van der Waals surface area contributed by atoms with Gasteiger partial charge in [-0.1, -0.05) is 13.8 Å². The minimum atomic E-state index is -3.35. The van der Waals surface area contributed by atoms with E-state index in [2.05, 4.69) is 9.72 Å². The van der Waals surface area contributed by atoms with Crippen LogP contribution in [0.15, 0.2) is 24.4 Å². The van der Waals surface area contributed by atoms with Gasteiger partial charge in [-0.15, -0.1) is 0 Å². The monoisotopic (exact) mass is 322 g/mol. The molecule has 0 bridgehead atoms. The Bertz CT molecular complexity index is 727. The largest absolute Gasteiger partial charge is 0.454 e. The number of rotatable bonds is 4. The molecule has 0 saturated carbocycles. The van der Waals surface area contributed by atoms with Gasteiger partial charge in [-0.25, -0.2) is 9.37 Å². The van der Waals surface area contributed by atoms with Gasteiger partial charge >= 0.3 is 6.16 Å². The van der Waals surface area contributed by atoms with Crippen molar-refractivity contribution in [1.29, 1.82) is 0 Å². The van der Waals surface area contributed by atoms with E-state index in [0.717, 1.165) is 0 Å². The van der Waals surface area contributed by atoms with Crippen molar-refractivity contribution in [3.63, 3.8) is 0 Å². The van der Waals surface area contributed by atoms with Crippen LogP contribution in [0, 0.1) is 12.7 Å². The number of nitrogens with zero attached hydrogens (tertiary/aromatic N) is 1. The minimum absolute atomic E-state index is 0.0291. The molecule has 0 aliphatic carbocycles. The Hall–Kier alpha value is -2.22. The zero-order chi connectivity index (χ0) is 17.4. The van der Waals surface area contributed by atoms with Gasteiger partial charge in [0.15, 0.2) is 0 Å². The molecule has 0 radical (unpaired) electrons. The number of ether oxygens (including phenoxy) is 1. The van der Waals surface area contributed by atoms with E-state index in [9.17, 15) is 4.39 Å². The fraction of sp³-hybridized carbons (Fsp3) is 0.312. The van der Waals surface area contributed by atoms with Crippen molar-refractivity contribution in [2.24, 2.45) is 0 Å². The summed E-state index contributed by atoms with van der Waals surface area (Å²) in [6.45, 7) is 5.41. The predicted molar refractivity (Wildman–Crippen MR) is 82.9 cm³/mol. The van der Waals surface area contributed by atoms with Crippen LogP contribution in [0.4, 0.5) is 10.1 Å². The number of nitrogen functional groups attached to an aromatic ring is 1. The Labute approximate surface area is 133 Å². The van der Waals surface area contributed by atoms with Gasteiger partial charge in [0.2, 0.25) is 5.88 Å². The van der Waals surface area contributed by atoms with Gasteiger partial charge in [0.05, 0.1) is 0 Å². The van der Waals surface area contributed by atoms with E-state index >= 15 is 0 Å². The number of anilines is 1. The van der Waals surface area contributed by atoms with Crippen molar-refractivity contribution in [1.82, 2.24) is 4.98 Å². The summed E-state index contributed by atoms with van der Waals surface area (Å²) in [5, 5.41) is 26.6. The maximum atomic E-state index is 14.2. The van der Waals surface area contributed by atoms with Crippen molar-refractivity contribution in [2.45, 2.75) is 32.8 Å². The van der Waals surface area contributed by atoms with Gasteiger partial charge in [-0.2, -0.15) is 0 Å². The molecule has 0 atom stereocenters. The smallest absolute Gasteiger partial charge is 0.399 e. The van der Waals surface area contributed by atoms with E-state index < -0.39 is 12.0 Å². The summed E-state index contributed by atoms with van der Waals surface area (Å²) < 4.78 is 18.7. The van der Waals surface area contributed by atoms with Crippen molar-refractivity contribution in [3.8, 4) is 17.0 Å². The SMILES string of the molecule is Cc1c(F)cc(C(C)C)c(N)c1-c1ccnc(OC(O)(O)O)c1. The second-order valence-electron chi connectivity index (χ2n) is 5.57. The molecule has 124 valence electrons. The van der Waals surface area contributed by atoms with E-state index in [0.29, 0.717) is 27.9 Å². The Kier molecular flexibility index (Phi) is 4.56. The lowest BCUT2D eigenvalue weighted by Crippen LogP contribution is -2.34. The molecule has 0 amide bonds. The quantitative estimate of drug-likeness (QED) is 0.505. The molecule has 5 N–H and O–H groups in total. The molecule has 2 aromatic rings. The summed E-state index contributed by atoms with van der Waals surface area (Å²) in [7, 11) is 0. The van der Waals surface area contributed by atoms with Crippen LogP contribution < -0.4 is 10.5 Å². The first kappa shape index (κ1) is 17.1. The Morgan fingerprint density at radius 1 is 1.26 bits per heavy atom. The molecule has 1 heterocycles.